The average molecular weight is 534 g/mol. The summed E-state index contributed by atoms with van der Waals surface area (Å²) in [5.74, 6) is 0.508. The van der Waals surface area contributed by atoms with E-state index in [0.29, 0.717) is 24.4 Å². The molecule has 2 heterocycles. The lowest BCUT2D eigenvalue weighted by atomic mass is 9.82. The minimum Gasteiger partial charge on any atom is -0.493 e. The van der Waals surface area contributed by atoms with Gasteiger partial charge in [0.1, 0.15) is 5.75 Å². The molecule has 2 aliphatic heterocycles. The minimum absolute atomic E-state index is 0.162. The lowest BCUT2D eigenvalue weighted by Crippen LogP contribution is -2.38. The normalized spacial score (nSPS) is 18.6. The minimum atomic E-state index is -1.14. The summed E-state index contributed by atoms with van der Waals surface area (Å²) >= 11 is 0. The summed E-state index contributed by atoms with van der Waals surface area (Å²) in [7, 11) is 0. The molecule has 0 saturated heterocycles. The van der Waals surface area contributed by atoms with Crippen LogP contribution in [0.15, 0.2) is 24.3 Å². The van der Waals surface area contributed by atoms with Gasteiger partial charge in [-0.05, 0) is 118 Å². The second-order valence-corrected chi connectivity index (χ2v) is 12.6. The van der Waals surface area contributed by atoms with Gasteiger partial charge in [-0.1, -0.05) is 25.3 Å². The van der Waals surface area contributed by atoms with Crippen molar-refractivity contribution >= 4 is 17.6 Å². The number of hydrogen-bond acceptors (Lipinski definition) is 4. The number of carboxylic acids is 1. The monoisotopic (exact) mass is 533 g/mol. The zero-order chi connectivity index (χ0) is 27.7. The number of anilines is 1. The van der Waals surface area contributed by atoms with Crippen molar-refractivity contribution in [3.63, 3.8) is 0 Å². The number of hydrogen-bond donors (Lipinski definition) is 1. The fourth-order valence-electron chi connectivity index (χ4n) is 6.69. The van der Waals surface area contributed by atoms with Crippen LogP contribution in [0.1, 0.15) is 100 Å². The zero-order valence-corrected chi connectivity index (χ0v) is 24.0. The molecular weight excluding hydrogens is 490 g/mol. The molecule has 5 rings (SSSR count). The molecule has 3 aliphatic rings. The van der Waals surface area contributed by atoms with E-state index in [0.717, 1.165) is 84.4 Å². The molecule has 6 heteroatoms. The third kappa shape index (κ3) is 6.01. The van der Waals surface area contributed by atoms with E-state index in [4.69, 9.17) is 9.47 Å². The number of aliphatic carboxylic acids is 1. The van der Waals surface area contributed by atoms with Gasteiger partial charge < -0.3 is 19.5 Å². The molecule has 1 fully saturated rings. The van der Waals surface area contributed by atoms with E-state index < -0.39 is 17.7 Å². The van der Waals surface area contributed by atoms with Gasteiger partial charge in [-0.25, -0.2) is 4.79 Å². The highest BCUT2D eigenvalue weighted by atomic mass is 16.5. The molecule has 1 aliphatic carbocycles. The van der Waals surface area contributed by atoms with Crippen molar-refractivity contribution in [2.45, 2.75) is 104 Å². The summed E-state index contributed by atoms with van der Waals surface area (Å²) in [5.41, 5.74) is 5.82. The van der Waals surface area contributed by atoms with Crippen molar-refractivity contribution < 1.29 is 24.2 Å². The van der Waals surface area contributed by atoms with Crippen molar-refractivity contribution in [3.05, 3.63) is 46.5 Å². The van der Waals surface area contributed by atoms with Crippen molar-refractivity contribution in [2.75, 3.05) is 18.1 Å². The molecule has 0 spiro atoms. The number of amides is 1. The van der Waals surface area contributed by atoms with E-state index in [-0.39, 0.29) is 5.91 Å². The molecule has 1 saturated carbocycles. The van der Waals surface area contributed by atoms with Crippen LogP contribution in [0, 0.1) is 12.8 Å². The van der Waals surface area contributed by atoms with Gasteiger partial charge in [0.2, 0.25) is 5.91 Å². The van der Waals surface area contributed by atoms with Crippen LogP contribution in [0.4, 0.5) is 5.69 Å². The van der Waals surface area contributed by atoms with E-state index in [9.17, 15) is 14.7 Å². The number of benzene rings is 2. The highest BCUT2D eigenvalue weighted by Gasteiger charge is 2.36. The maximum atomic E-state index is 13.7. The Morgan fingerprint density at radius 2 is 1.85 bits per heavy atom. The molecule has 39 heavy (non-hydrogen) atoms. The fraction of sp³-hybridized carbons (Fsp3) is 0.576. The first-order valence-electron chi connectivity index (χ1n) is 14.8. The second-order valence-electron chi connectivity index (χ2n) is 12.6. The van der Waals surface area contributed by atoms with Gasteiger partial charge in [-0.3, -0.25) is 4.79 Å². The molecule has 6 nitrogen and oxygen atoms in total. The molecule has 0 bridgehead atoms. The topological polar surface area (TPSA) is 76.1 Å². The van der Waals surface area contributed by atoms with Crippen LogP contribution < -0.4 is 9.64 Å². The molecule has 210 valence electrons. The Labute approximate surface area is 232 Å². The molecule has 1 atom stereocenters. The fourth-order valence-corrected chi connectivity index (χ4v) is 6.69. The zero-order valence-electron chi connectivity index (χ0n) is 24.0. The smallest absolute Gasteiger partial charge is 0.337 e. The number of aryl methyl sites for hydroxylation is 2. The van der Waals surface area contributed by atoms with Gasteiger partial charge in [-0.15, -0.1) is 0 Å². The number of carbonyl (C=O) groups is 2. The molecule has 1 N–H and O–H groups in total. The Morgan fingerprint density at radius 1 is 1.08 bits per heavy atom. The number of carboxylic acid groups (broad SMARTS) is 1. The highest BCUT2D eigenvalue weighted by Crippen LogP contribution is 2.45. The van der Waals surface area contributed by atoms with Gasteiger partial charge in [0.15, 0.2) is 6.10 Å². The van der Waals surface area contributed by atoms with E-state index in [1.165, 1.54) is 19.3 Å². The molecule has 2 aromatic carbocycles. The summed E-state index contributed by atoms with van der Waals surface area (Å²) in [6.45, 7) is 9.10. The summed E-state index contributed by atoms with van der Waals surface area (Å²) in [5, 5.41) is 10.5. The molecule has 0 aromatic heterocycles. The molecule has 2 aromatic rings. The number of rotatable bonds is 6. The van der Waals surface area contributed by atoms with Crippen molar-refractivity contribution in [1.82, 2.24) is 0 Å². The first-order chi connectivity index (χ1) is 18.6. The SMILES string of the molecule is Cc1cc2c(c(C(OC(C)(C)C)C(=O)O)c1-c1ccc3c(c1)CCCO3)CCCN2C(=O)CC1CCCCC1. The van der Waals surface area contributed by atoms with Crippen LogP contribution in [0.2, 0.25) is 0 Å². The predicted molar refractivity (Wildman–Crippen MR) is 154 cm³/mol. The Bertz CT molecular complexity index is 1240. The van der Waals surface area contributed by atoms with E-state index in [1.54, 1.807) is 0 Å². The number of ether oxygens (including phenoxy) is 2. The predicted octanol–water partition coefficient (Wildman–Crippen LogP) is 7.18. The van der Waals surface area contributed by atoms with Crippen molar-refractivity contribution in [2.24, 2.45) is 5.92 Å². The van der Waals surface area contributed by atoms with Crippen LogP contribution in [0.5, 0.6) is 5.75 Å². The van der Waals surface area contributed by atoms with E-state index in [2.05, 4.69) is 12.1 Å². The molecule has 0 radical (unpaired) electrons. The molecule has 1 unspecified atom stereocenters. The van der Waals surface area contributed by atoms with Crippen LogP contribution in [0.3, 0.4) is 0 Å². The van der Waals surface area contributed by atoms with Crippen LogP contribution in [-0.4, -0.2) is 35.7 Å². The summed E-state index contributed by atoms with van der Waals surface area (Å²) in [4.78, 5) is 28.4. The maximum Gasteiger partial charge on any atom is 0.337 e. The summed E-state index contributed by atoms with van der Waals surface area (Å²) in [6.07, 6.45) is 8.78. The summed E-state index contributed by atoms with van der Waals surface area (Å²) < 4.78 is 12.1. The van der Waals surface area contributed by atoms with Crippen LogP contribution in [0.25, 0.3) is 11.1 Å². The van der Waals surface area contributed by atoms with Crippen LogP contribution >= 0.6 is 0 Å². The second kappa shape index (κ2) is 11.3. The Morgan fingerprint density at radius 3 is 2.56 bits per heavy atom. The third-order valence-electron chi connectivity index (χ3n) is 8.39. The van der Waals surface area contributed by atoms with Gasteiger partial charge in [0, 0.05) is 24.2 Å². The highest BCUT2D eigenvalue weighted by molar-refractivity contribution is 5.97. The van der Waals surface area contributed by atoms with Crippen LogP contribution in [-0.2, 0) is 27.2 Å². The lowest BCUT2D eigenvalue weighted by molar-refractivity contribution is -0.160. The standard InChI is InChI=1S/C33H43NO5/c1-21-18-26-25(13-8-16-34(26)28(35)19-22-10-6-5-7-11-22)30(31(32(36)37)39-33(2,3)4)29(21)24-14-15-27-23(20-24)12-9-17-38-27/h14-15,18,20,22,31H,5-13,16-17,19H2,1-4H3,(H,36,37). The third-order valence-corrected chi connectivity index (χ3v) is 8.39. The maximum absolute atomic E-state index is 13.7. The lowest BCUT2D eigenvalue weighted by Gasteiger charge is -2.36. The number of carbonyl (C=O) groups excluding carboxylic acids is 1. The number of nitrogens with zero attached hydrogens (tertiary/aromatic N) is 1. The largest absolute Gasteiger partial charge is 0.493 e. The Balaban J connectivity index is 1.64. The van der Waals surface area contributed by atoms with Gasteiger partial charge in [-0.2, -0.15) is 0 Å². The first-order valence-corrected chi connectivity index (χ1v) is 14.8. The van der Waals surface area contributed by atoms with Gasteiger partial charge in [0.05, 0.1) is 12.2 Å². The van der Waals surface area contributed by atoms with E-state index >= 15 is 0 Å². The summed E-state index contributed by atoms with van der Waals surface area (Å²) in [6, 6.07) is 8.30. The average Bonchev–Trinajstić information content (AvgIpc) is 2.90. The Kier molecular flexibility index (Phi) is 8.04. The van der Waals surface area contributed by atoms with Crippen molar-refractivity contribution in [3.8, 4) is 16.9 Å². The molecular formula is C33H43NO5. The van der Waals surface area contributed by atoms with E-state index in [1.807, 2.05) is 44.7 Å². The first kappa shape index (κ1) is 27.7. The molecule has 1 amide bonds. The van der Waals surface area contributed by atoms with Gasteiger partial charge in [0.25, 0.3) is 0 Å². The quantitative estimate of drug-likeness (QED) is 0.426. The Hall–Kier alpha value is -2.86. The number of fused-ring (bicyclic) bond motifs is 2. The van der Waals surface area contributed by atoms with Crippen molar-refractivity contribution in [1.29, 1.82) is 0 Å². The van der Waals surface area contributed by atoms with Gasteiger partial charge >= 0.3 is 5.97 Å².